The normalized spacial score (nSPS) is 15.5. The lowest BCUT2D eigenvalue weighted by atomic mass is 9.91. The van der Waals surface area contributed by atoms with Gasteiger partial charge in [-0.25, -0.2) is 19.0 Å². The van der Waals surface area contributed by atoms with E-state index in [0.717, 1.165) is 63.9 Å². The van der Waals surface area contributed by atoms with Crippen molar-refractivity contribution in [3.05, 3.63) is 81.9 Å². The Morgan fingerprint density at radius 3 is 2.85 bits per heavy atom. The van der Waals surface area contributed by atoms with Gasteiger partial charge in [0.05, 0.1) is 25.3 Å². The number of pyridine rings is 1. The smallest absolute Gasteiger partial charge is 0.151 e. The van der Waals surface area contributed by atoms with Crippen LogP contribution >= 0.6 is 15.9 Å². The van der Waals surface area contributed by atoms with Crippen LogP contribution in [-0.2, 0) is 19.4 Å². The topological polar surface area (TPSA) is 70.7 Å². The Bertz CT molecular complexity index is 1300. The van der Waals surface area contributed by atoms with Gasteiger partial charge in [-0.05, 0) is 43.9 Å². The molecule has 1 aliphatic heterocycles. The highest BCUT2D eigenvalue weighted by Gasteiger charge is 2.27. The van der Waals surface area contributed by atoms with E-state index in [1.54, 1.807) is 13.4 Å². The van der Waals surface area contributed by atoms with Crippen LogP contribution in [-0.4, -0.2) is 36.4 Å². The number of hydrogen-bond donors (Lipinski definition) is 0. The van der Waals surface area contributed by atoms with Crippen LogP contribution in [0, 0.1) is 12.7 Å². The lowest BCUT2D eigenvalue weighted by Crippen LogP contribution is -2.18. The molecule has 0 fully saturated rings. The summed E-state index contributed by atoms with van der Waals surface area (Å²) >= 11 is 3.52. The van der Waals surface area contributed by atoms with E-state index in [1.807, 2.05) is 40.7 Å². The van der Waals surface area contributed by atoms with Crippen molar-refractivity contribution < 1.29 is 9.13 Å². The number of benzene rings is 1. The van der Waals surface area contributed by atoms with Crippen molar-refractivity contribution in [3.8, 4) is 11.4 Å². The van der Waals surface area contributed by atoms with Crippen LogP contribution in [0.5, 0.6) is 5.75 Å². The molecule has 0 spiro atoms. The summed E-state index contributed by atoms with van der Waals surface area (Å²) < 4.78 is 23.8. The van der Waals surface area contributed by atoms with Crippen LogP contribution < -0.4 is 4.74 Å². The summed E-state index contributed by atoms with van der Waals surface area (Å²) in [5.41, 5.74) is 3.75. The second-order valence-corrected chi connectivity index (χ2v) is 9.09. The molecule has 0 saturated heterocycles. The molecule has 1 aliphatic rings. The fraction of sp³-hybridized carbons (Fsp3) is 0.333. The first-order valence-corrected chi connectivity index (χ1v) is 11.7. The molecule has 0 saturated carbocycles. The highest BCUT2D eigenvalue weighted by molar-refractivity contribution is 9.10. The van der Waals surface area contributed by atoms with Gasteiger partial charge in [0.1, 0.15) is 23.1 Å². The predicted octanol–water partition coefficient (Wildman–Crippen LogP) is 4.79. The minimum atomic E-state index is -0.249. The van der Waals surface area contributed by atoms with Crippen LogP contribution in [0.15, 0.2) is 47.5 Å². The summed E-state index contributed by atoms with van der Waals surface area (Å²) in [6.07, 6.45) is 8.86. The van der Waals surface area contributed by atoms with Gasteiger partial charge in [0.2, 0.25) is 0 Å². The summed E-state index contributed by atoms with van der Waals surface area (Å²) in [4.78, 5) is 13.8. The molecule has 5 rings (SSSR count). The van der Waals surface area contributed by atoms with Gasteiger partial charge in [-0.2, -0.15) is 5.10 Å². The molecule has 1 aromatic carbocycles. The summed E-state index contributed by atoms with van der Waals surface area (Å²) in [6.45, 7) is 2.80. The molecule has 1 atom stereocenters. The number of aryl methyl sites for hydroxylation is 4. The van der Waals surface area contributed by atoms with E-state index >= 15 is 0 Å². The van der Waals surface area contributed by atoms with Gasteiger partial charge in [-0.15, -0.1) is 0 Å². The Balaban J connectivity index is 1.35. The fourth-order valence-corrected chi connectivity index (χ4v) is 4.97. The number of imidazole rings is 1. The van der Waals surface area contributed by atoms with Gasteiger partial charge >= 0.3 is 0 Å². The number of nitrogens with zero attached hydrogens (tertiary/aromatic N) is 6. The Labute approximate surface area is 199 Å². The lowest BCUT2D eigenvalue weighted by molar-refractivity contribution is 0.411. The molecule has 9 heteroatoms. The van der Waals surface area contributed by atoms with Crippen molar-refractivity contribution in [3.63, 3.8) is 0 Å². The van der Waals surface area contributed by atoms with E-state index in [9.17, 15) is 4.39 Å². The lowest BCUT2D eigenvalue weighted by Gasteiger charge is -2.23. The number of hydrogen-bond acceptors (Lipinski definition) is 5. The molecular weight excluding hydrogens is 487 g/mol. The number of methoxy groups -OCH3 is 1. The zero-order valence-corrected chi connectivity index (χ0v) is 20.1. The molecule has 0 bridgehead atoms. The maximum Gasteiger partial charge on any atom is 0.151 e. The van der Waals surface area contributed by atoms with Gasteiger partial charge in [0.15, 0.2) is 5.82 Å². The van der Waals surface area contributed by atoms with Gasteiger partial charge in [-0.3, -0.25) is 4.98 Å². The highest BCUT2D eigenvalue weighted by atomic mass is 79.9. The van der Waals surface area contributed by atoms with E-state index in [0.29, 0.717) is 12.8 Å². The van der Waals surface area contributed by atoms with Gasteiger partial charge in [-0.1, -0.05) is 22.0 Å². The number of halogens is 2. The molecule has 0 radical (unpaired) electrons. The van der Waals surface area contributed by atoms with Gasteiger partial charge < -0.3 is 9.30 Å². The Hall–Kier alpha value is -3.07. The molecule has 33 heavy (non-hydrogen) atoms. The standard InChI is InChI=1S/C24H24BrFN6O/c1-15-13-31(14-28-15)21-12-27-17(11-22(21)33-2)6-8-23-29-24-19(4-3-9-32(24)30-23)18-7-5-16(26)10-20(18)25/h5,7,10-14,19H,3-4,6,8-9H2,1-2H3/t19-/m1/s1. The molecule has 0 amide bonds. The van der Waals surface area contributed by atoms with Crippen LogP contribution in [0.1, 0.15) is 47.4 Å². The molecule has 3 aromatic heterocycles. The minimum Gasteiger partial charge on any atom is -0.494 e. The van der Waals surface area contributed by atoms with Crippen LogP contribution in [0.4, 0.5) is 4.39 Å². The third-order valence-corrected chi connectivity index (χ3v) is 6.66. The van der Waals surface area contributed by atoms with Gasteiger partial charge in [0, 0.05) is 41.3 Å². The Morgan fingerprint density at radius 2 is 2.09 bits per heavy atom. The molecule has 4 aromatic rings. The molecule has 170 valence electrons. The minimum absolute atomic E-state index is 0.103. The predicted molar refractivity (Wildman–Crippen MR) is 125 cm³/mol. The monoisotopic (exact) mass is 510 g/mol. The van der Waals surface area contributed by atoms with Crippen molar-refractivity contribution in [1.82, 2.24) is 29.3 Å². The molecular formula is C24H24BrFN6O. The van der Waals surface area contributed by atoms with Crippen molar-refractivity contribution in [2.45, 2.75) is 45.1 Å². The average Bonchev–Trinajstić information content (AvgIpc) is 3.43. The second kappa shape index (κ2) is 9.05. The van der Waals surface area contributed by atoms with E-state index in [4.69, 9.17) is 14.8 Å². The zero-order valence-electron chi connectivity index (χ0n) is 18.5. The number of rotatable bonds is 6. The molecule has 7 nitrogen and oxygen atoms in total. The number of fused-ring (bicyclic) bond motifs is 1. The van der Waals surface area contributed by atoms with Crippen LogP contribution in [0.2, 0.25) is 0 Å². The van der Waals surface area contributed by atoms with Crippen molar-refractivity contribution >= 4 is 15.9 Å². The fourth-order valence-electron chi connectivity index (χ4n) is 4.34. The maximum atomic E-state index is 13.6. The number of aromatic nitrogens is 6. The van der Waals surface area contributed by atoms with Gasteiger partial charge in [0.25, 0.3) is 0 Å². The average molecular weight is 511 g/mol. The zero-order chi connectivity index (χ0) is 22.9. The largest absolute Gasteiger partial charge is 0.494 e. The third kappa shape index (κ3) is 4.42. The summed E-state index contributed by atoms with van der Waals surface area (Å²) in [6, 6.07) is 6.82. The summed E-state index contributed by atoms with van der Waals surface area (Å²) in [5, 5.41) is 4.74. The Morgan fingerprint density at radius 1 is 1.21 bits per heavy atom. The Kier molecular flexibility index (Phi) is 5.97. The van der Waals surface area contributed by atoms with Crippen molar-refractivity contribution in [2.75, 3.05) is 7.11 Å². The van der Waals surface area contributed by atoms with Crippen molar-refractivity contribution in [2.24, 2.45) is 0 Å². The summed E-state index contributed by atoms with van der Waals surface area (Å²) in [7, 11) is 1.66. The molecule has 0 N–H and O–H groups in total. The maximum absolute atomic E-state index is 13.6. The van der Waals surface area contributed by atoms with Crippen LogP contribution in [0.3, 0.4) is 0 Å². The highest BCUT2D eigenvalue weighted by Crippen LogP contribution is 2.36. The first-order valence-electron chi connectivity index (χ1n) is 10.9. The number of ether oxygens (including phenoxy) is 1. The second-order valence-electron chi connectivity index (χ2n) is 8.24. The summed E-state index contributed by atoms with van der Waals surface area (Å²) in [5.74, 6) is 2.34. The van der Waals surface area contributed by atoms with E-state index < -0.39 is 0 Å². The quantitative estimate of drug-likeness (QED) is 0.373. The third-order valence-electron chi connectivity index (χ3n) is 5.97. The van der Waals surface area contributed by atoms with Crippen LogP contribution in [0.25, 0.3) is 5.69 Å². The molecule has 0 unspecified atom stereocenters. The first-order chi connectivity index (χ1) is 16.0. The first kappa shape index (κ1) is 21.8. The van der Waals surface area contributed by atoms with Crippen molar-refractivity contribution in [1.29, 1.82) is 0 Å². The molecule has 0 aliphatic carbocycles. The van der Waals surface area contributed by atoms with E-state index in [-0.39, 0.29) is 11.7 Å². The SMILES string of the molecule is COc1cc(CCc2nc3n(n2)CCC[C@@H]3c2ccc(F)cc2Br)ncc1-n1cnc(C)c1. The van der Waals surface area contributed by atoms with E-state index in [1.165, 1.54) is 12.1 Å². The van der Waals surface area contributed by atoms with E-state index in [2.05, 4.69) is 25.9 Å². The molecule has 4 heterocycles.